The number of nitrogens with one attached hydrogen (secondary N) is 1. The first-order valence-corrected chi connectivity index (χ1v) is 8.16. The zero-order chi connectivity index (χ0) is 15.6. The first-order chi connectivity index (χ1) is 11.3. The molecule has 0 unspecified atom stereocenters. The Morgan fingerprint density at radius 1 is 0.913 bits per heavy atom. The minimum atomic E-state index is -0.173. The van der Waals surface area contributed by atoms with Crippen molar-refractivity contribution in [1.29, 1.82) is 0 Å². The standard InChI is InChI=1S/C19H13NO2S/c21-19-11-18(16-6-1-2-7-17(16)20-19)22-15-5-3-4-13(10-15)14-8-9-23-12-14/h1-12H,(H,20,21). The molecule has 0 atom stereocenters. The second-order valence-electron chi connectivity index (χ2n) is 5.19. The molecular weight excluding hydrogens is 306 g/mol. The van der Waals surface area contributed by atoms with Crippen molar-refractivity contribution >= 4 is 22.2 Å². The summed E-state index contributed by atoms with van der Waals surface area (Å²) < 4.78 is 5.99. The molecule has 0 aliphatic carbocycles. The van der Waals surface area contributed by atoms with Crippen molar-refractivity contribution in [2.45, 2.75) is 0 Å². The summed E-state index contributed by atoms with van der Waals surface area (Å²) in [5.74, 6) is 1.27. The molecule has 2 aromatic heterocycles. The number of pyridine rings is 1. The van der Waals surface area contributed by atoms with Gasteiger partial charge in [0.1, 0.15) is 11.5 Å². The number of benzene rings is 2. The van der Waals surface area contributed by atoms with Crippen LogP contribution in [0.3, 0.4) is 0 Å². The van der Waals surface area contributed by atoms with E-state index in [1.54, 1.807) is 11.3 Å². The Bertz CT molecular complexity index is 1020. The first kappa shape index (κ1) is 13.8. The topological polar surface area (TPSA) is 42.1 Å². The fourth-order valence-electron chi connectivity index (χ4n) is 2.55. The van der Waals surface area contributed by atoms with Crippen LogP contribution in [-0.4, -0.2) is 4.98 Å². The monoisotopic (exact) mass is 319 g/mol. The molecule has 0 spiro atoms. The number of thiophene rings is 1. The lowest BCUT2D eigenvalue weighted by molar-refractivity contribution is 0.487. The number of fused-ring (bicyclic) bond motifs is 1. The maximum absolute atomic E-state index is 11.8. The van der Waals surface area contributed by atoms with Crippen molar-refractivity contribution in [2.75, 3.05) is 0 Å². The minimum absolute atomic E-state index is 0.173. The van der Waals surface area contributed by atoms with Crippen LogP contribution in [-0.2, 0) is 0 Å². The molecule has 0 aliphatic heterocycles. The molecule has 1 N–H and O–H groups in total. The maximum atomic E-state index is 11.8. The van der Waals surface area contributed by atoms with Gasteiger partial charge in [-0.25, -0.2) is 0 Å². The second-order valence-corrected chi connectivity index (χ2v) is 5.97. The second kappa shape index (κ2) is 5.74. The molecule has 0 amide bonds. The fourth-order valence-corrected chi connectivity index (χ4v) is 3.22. The predicted molar refractivity (Wildman–Crippen MR) is 94.4 cm³/mol. The van der Waals surface area contributed by atoms with E-state index >= 15 is 0 Å². The van der Waals surface area contributed by atoms with Crippen molar-refractivity contribution in [3.05, 3.63) is 81.8 Å². The molecule has 0 aliphatic rings. The lowest BCUT2D eigenvalue weighted by Crippen LogP contribution is -2.04. The summed E-state index contributed by atoms with van der Waals surface area (Å²) in [5.41, 5.74) is 2.85. The number of ether oxygens (including phenoxy) is 1. The summed E-state index contributed by atoms with van der Waals surface area (Å²) in [7, 11) is 0. The van der Waals surface area contributed by atoms with Crippen LogP contribution in [0, 0.1) is 0 Å². The number of aromatic amines is 1. The highest BCUT2D eigenvalue weighted by Gasteiger charge is 2.07. The van der Waals surface area contributed by atoms with E-state index in [0.29, 0.717) is 11.5 Å². The molecule has 0 radical (unpaired) electrons. The molecular formula is C19H13NO2S. The predicted octanol–water partition coefficient (Wildman–Crippen LogP) is 5.05. The highest BCUT2D eigenvalue weighted by atomic mass is 32.1. The van der Waals surface area contributed by atoms with Crippen LogP contribution in [0.25, 0.3) is 22.0 Å². The average Bonchev–Trinajstić information content (AvgIpc) is 3.09. The molecule has 0 saturated heterocycles. The van der Waals surface area contributed by atoms with Gasteiger partial charge in [0.2, 0.25) is 0 Å². The van der Waals surface area contributed by atoms with Crippen molar-refractivity contribution in [1.82, 2.24) is 4.98 Å². The maximum Gasteiger partial charge on any atom is 0.252 e. The number of hydrogen-bond acceptors (Lipinski definition) is 3. The third kappa shape index (κ3) is 2.76. The van der Waals surface area contributed by atoms with Gasteiger partial charge in [-0.2, -0.15) is 11.3 Å². The van der Waals surface area contributed by atoms with Crippen LogP contribution >= 0.6 is 11.3 Å². The van der Waals surface area contributed by atoms with Gasteiger partial charge in [0, 0.05) is 11.5 Å². The lowest BCUT2D eigenvalue weighted by atomic mass is 10.1. The molecule has 2 aromatic carbocycles. The van der Waals surface area contributed by atoms with Crippen molar-refractivity contribution < 1.29 is 4.74 Å². The minimum Gasteiger partial charge on any atom is -0.456 e. The smallest absolute Gasteiger partial charge is 0.252 e. The van der Waals surface area contributed by atoms with E-state index in [9.17, 15) is 4.79 Å². The molecule has 112 valence electrons. The van der Waals surface area contributed by atoms with E-state index in [4.69, 9.17) is 4.74 Å². The van der Waals surface area contributed by atoms with Crippen LogP contribution in [0.4, 0.5) is 0 Å². The van der Waals surface area contributed by atoms with Gasteiger partial charge in [-0.3, -0.25) is 4.79 Å². The summed E-state index contributed by atoms with van der Waals surface area (Å²) in [6.07, 6.45) is 0. The first-order valence-electron chi connectivity index (χ1n) is 7.22. The molecule has 4 heteroatoms. The molecule has 0 bridgehead atoms. The van der Waals surface area contributed by atoms with Gasteiger partial charge >= 0.3 is 0 Å². The van der Waals surface area contributed by atoms with Crippen molar-refractivity contribution in [3.8, 4) is 22.6 Å². The third-order valence-corrected chi connectivity index (χ3v) is 4.31. The van der Waals surface area contributed by atoms with Crippen LogP contribution < -0.4 is 10.3 Å². The van der Waals surface area contributed by atoms with Gasteiger partial charge in [0.15, 0.2) is 0 Å². The molecule has 2 heterocycles. The number of H-pyrrole nitrogens is 1. The molecule has 4 aromatic rings. The molecule has 0 fully saturated rings. The highest BCUT2D eigenvalue weighted by Crippen LogP contribution is 2.31. The van der Waals surface area contributed by atoms with E-state index in [1.165, 1.54) is 6.07 Å². The lowest BCUT2D eigenvalue weighted by Gasteiger charge is -2.09. The Labute approximate surface area is 136 Å². The normalized spacial score (nSPS) is 10.8. The summed E-state index contributed by atoms with van der Waals surface area (Å²) in [6, 6.07) is 19.1. The molecule has 23 heavy (non-hydrogen) atoms. The number of hydrogen-bond donors (Lipinski definition) is 1. The SMILES string of the molecule is O=c1cc(Oc2cccc(-c3ccsc3)c2)c2ccccc2[nH]1. The number of para-hydroxylation sites is 1. The van der Waals surface area contributed by atoms with Crippen LogP contribution in [0.1, 0.15) is 0 Å². The highest BCUT2D eigenvalue weighted by molar-refractivity contribution is 7.08. The van der Waals surface area contributed by atoms with Gasteiger partial charge in [-0.05, 0) is 52.2 Å². The van der Waals surface area contributed by atoms with Crippen molar-refractivity contribution in [3.63, 3.8) is 0 Å². The van der Waals surface area contributed by atoms with Crippen LogP contribution in [0.15, 0.2) is 76.2 Å². The fraction of sp³-hybridized carbons (Fsp3) is 0. The third-order valence-electron chi connectivity index (χ3n) is 3.63. The molecule has 4 rings (SSSR count). The van der Waals surface area contributed by atoms with Crippen molar-refractivity contribution in [2.24, 2.45) is 0 Å². The summed E-state index contributed by atoms with van der Waals surface area (Å²) in [4.78, 5) is 14.6. The zero-order valence-electron chi connectivity index (χ0n) is 12.2. The van der Waals surface area contributed by atoms with Gasteiger partial charge in [-0.15, -0.1) is 0 Å². The number of aromatic nitrogens is 1. The largest absolute Gasteiger partial charge is 0.456 e. The Hall–Kier alpha value is -2.85. The van der Waals surface area contributed by atoms with E-state index in [0.717, 1.165) is 22.0 Å². The summed E-state index contributed by atoms with van der Waals surface area (Å²) in [6.45, 7) is 0. The molecule has 0 saturated carbocycles. The van der Waals surface area contributed by atoms with Gasteiger partial charge in [0.25, 0.3) is 5.56 Å². The Morgan fingerprint density at radius 3 is 2.70 bits per heavy atom. The Balaban J connectivity index is 1.77. The summed E-state index contributed by atoms with van der Waals surface area (Å²) in [5, 5.41) is 5.03. The summed E-state index contributed by atoms with van der Waals surface area (Å²) >= 11 is 1.66. The van der Waals surface area contributed by atoms with Crippen LogP contribution in [0.5, 0.6) is 11.5 Å². The van der Waals surface area contributed by atoms with E-state index in [2.05, 4.69) is 16.4 Å². The van der Waals surface area contributed by atoms with Crippen LogP contribution in [0.2, 0.25) is 0 Å². The zero-order valence-corrected chi connectivity index (χ0v) is 13.0. The van der Waals surface area contributed by atoms with E-state index < -0.39 is 0 Å². The Kier molecular flexibility index (Phi) is 3.44. The van der Waals surface area contributed by atoms with Gasteiger partial charge in [-0.1, -0.05) is 24.3 Å². The molecule has 3 nitrogen and oxygen atoms in total. The van der Waals surface area contributed by atoms with Gasteiger partial charge in [0.05, 0.1) is 5.52 Å². The average molecular weight is 319 g/mol. The van der Waals surface area contributed by atoms with E-state index in [1.807, 2.05) is 53.9 Å². The quantitative estimate of drug-likeness (QED) is 0.574. The number of rotatable bonds is 3. The Morgan fingerprint density at radius 2 is 1.83 bits per heavy atom. The van der Waals surface area contributed by atoms with E-state index in [-0.39, 0.29) is 5.56 Å². The van der Waals surface area contributed by atoms with Gasteiger partial charge < -0.3 is 9.72 Å².